The third-order valence-corrected chi connectivity index (χ3v) is 6.56. The van der Waals surface area contributed by atoms with Crippen LogP contribution in [-0.4, -0.2) is 39.0 Å². The topological polar surface area (TPSA) is 47.4 Å². The van der Waals surface area contributed by atoms with Crippen molar-refractivity contribution in [2.75, 3.05) is 13.1 Å². The molecule has 1 spiro atoms. The van der Waals surface area contributed by atoms with Crippen LogP contribution in [0.4, 0.5) is 4.39 Å². The number of aryl methyl sites for hydroxylation is 1. The molecular formula is C21H20FN3O2S. The SMILES string of the molecule is Cc1ccc(C(=O)N2CCC3(C2)Cn2c(-c4cccc(F)c4)cnc2CO3)s1. The number of halogens is 1. The molecule has 0 bridgehead atoms. The van der Waals surface area contributed by atoms with E-state index in [2.05, 4.69) is 9.55 Å². The summed E-state index contributed by atoms with van der Waals surface area (Å²) in [6.45, 7) is 4.25. The maximum Gasteiger partial charge on any atom is 0.264 e. The lowest BCUT2D eigenvalue weighted by molar-refractivity contribution is -0.0804. The molecule has 5 nitrogen and oxygen atoms in total. The molecule has 1 saturated heterocycles. The van der Waals surface area contributed by atoms with Crippen molar-refractivity contribution in [2.24, 2.45) is 0 Å². The molecule has 0 saturated carbocycles. The number of benzene rings is 1. The number of aromatic nitrogens is 2. The molecular weight excluding hydrogens is 377 g/mol. The fourth-order valence-electron chi connectivity index (χ4n) is 4.11. The molecule has 0 N–H and O–H groups in total. The average Bonchev–Trinajstić information content (AvgIpc) is 3.40. The van der Waals surface area contributed by atoms with Crippen LogP contribution < -0.4 is 0 Å². The molecule has 1 atom stereocenters. The van der Waals surface area contributed by atoms with Crippen LogP contribution in [0.25, 0.3) is 11.3 Å². The smallest absolute Gasteiger partial charge is 0.264 e. The number of ether oxygens (including phenoxy) is 1. The van der Waals surface area contributed by atoms with E-state index in [9.17, 15) is 9.18 Å². The highest BCUT2D eigenvalue weighted by molar-refractivity contribution is 7.13. The van der Waals surface area contributed by atoms with Gasteiger partial charge in [-0.25, -0.2) is 9.37 Å². The molecule has 5 rings (SSSR count). The number of nitrogens with zero attached hydrogens (tertiary/aromatic N) is 3. The number of likely N-dealkylation sites (tertiary alicyclic amines) is 1. The highest BCUT2D eigenvalue weighted by Crippen LogP contribution is 2.36. The molecule has 1 unspecified atom stereocenters. The van der Waals surface area contributed by atoms with E-state index in [0.29, 0.717) is 26.2 Å². The molecule has 1 amide bonds. The Hall–Kier alpha value is -2.51. The molecule has 1 aromatic carbocycles. The minimum absolute atomic E-state index is 0.0698. The van der Waals surface area contributed by atoms with Gasteiger partial charge in [0.2, 0.25) is 0 Å². The molecule has 0 radical (unpaired) electrons. The largest absolute Gasteiger partial charge is 0.363 e. The van der Waals surface area contributed by atoms with Crippen molar-refractivity contribution in [1.29, 1.82) is 0 Å². The van der Waals surface area contributed by atoms with Crippen LogP contribution in [0, 0.1) is 12.7 Å². The van der Waals surface area contributed by atoms with E-state index in [1.807, 2.05) is 30.0 Å². The Balaban J connectivity index is 1.40. The fraction of sp³-hybridized carbons (Fsp3) is 0.333. The minimum Gasteiger partial charge on any atom is -0.363 e. The zero-order valence-electron chi connectivity index (χ0n) is 15.5. The summed E-state index contributed by atoms with van der Waals surface area (Å²) in [5.74, 6) is 0.641. The lowest BCUT2D eigenvalue weighted by Gasteiger charge is -2.35. The van der Waals surface area contributed by atoms with Gasteiger partial charge in [0.05, 0.1) is 29.9 Å². The summed E-state index contributed by atoms with van der Waals surface area (Å²) in [5.41, 5.74) is 1.27. The Morgan fingerprint density at radius 1 is 1.29 bits per heavy atom. The predicted molar refractivity (Wildman–Crippen MR) is 105 cm³/mol. The van der Waals surface area contributed by atoms with Gasteiger partial charge in [-0.2, -0.15) is 0 Å². The van der Waals surface area contributed by atoms with Gasteiger partial charge in [0, 0.05) is 17.0 Å². The first kappa shape index (κ1) is 17.6. The van der Waals surface area contributed by atoms with E-state index >= 15 is 0 Å². The summed E-state index contributed by atoms with van der Waals surface area (Å²) in [7, 11) is 0. The van der Waals surface area contributed by atoms with Crippen molar-refractivity contribution in [3.8, 4) is 11.3 Å². The molecule has 28 heavy (non-hydrogen) atoms. The number of rotatable bonds is 2. The summed E-state index contributed by atoms with van der Waals surface area (Å²) in [6.07, 6.45) is 2.56. The number of carbonyl (C=O) groups excluding carboxylic acids is 1. The second-order valence-electron chi connectivity index (χ2n) is 7.51. The van der Waals surface area contributed by atoms with Gasteiger partial charge in [-0.15, -0.1) is 11.3 Å². The first-order chi connectivity index (χ1) is 13.5. The van der Waals surface area contributed by atoms with Crippen molar-refractivity contribution in [2.45, 2.75) is 32.1 Å². The van der Waals surface area contributed by atoms with Crippen LogP contribution in [0.2, 0.25) is 0 Å². The number of amides is 1. The van der Waals surface area contributed by atoms with Gasteiger partial charge in [0.15, 0.2) is 0 Å². The number of fused-ring (bicyclic) bond motifs is 1. The highest BCUT2D eigenvalue weighted by atomic mass is 32.1. The highest BCUT2D eigenvalue weighted by Gasteiger charge is 2.44. The quantitative estimate of drug-likeness (QED) is 0.659. The van der Waals surface area contributed by atoms with Crippen LogP contribution >= 0.6 is 11.3 Å². The Morgan fingerprint density at radius 3 is 2.96 bits per heavy atom. The zero-order valence-corrected chi connectivity index (χ0v) is 16.3. The molecule has 2 aromatic heterocycles. The number of hydrogen-bond acceptors (Lipinski definition) is 4. The van der Waals surface area contributed by atoms with E-state index in [-0.39, 0.29) is 11.7 Å². The van der Waals surface area contributed by atoms with Crippen LogP contribution in [-0.2, 0) is 17.9 Å². The molecule has 2 aliphatic rings. The van der Waals surface area contributed by atoms with Gasteiger partial charge >= 0.3 is 0 Å². The van der Waals surface area contributed by atoms with Gasteiger partial charge < -0.3 is 14.2 Å². The van der Waals surface area contributed by atoms with Gasteiger partial charge in [0.1, 0.15) is 23.8 Å². The first-order valence-electron chi connectivity index (χ1n) is 9.33. The second-order valence-corrected chi connectivity index (χ2v) is 8.80. The van der Waals surface area contributed by atoms with E-state index in [1.165, 1.54) is 23.5 Å². The van der Waals surface area contributed by atoms with Crippen LogP contribution in [0.15, 0.2) is 42.6 Å². The van der Waals surface area contributed by atoms with Gasteiger partial charge in [-0.3, -0.25) is 4.79 Å². The Kier molecular flexibility index (Phi) is 4.10. The number of imidazole rings is 1. The Labute approximate surface area is 166 Å². The van der Waals surface area contributed by atoms with E-state index in [4.69, 9.17) is 4.74 Å². The molecule has 144 valence electrons. The molecule has 3 aromatic rings. The minimum atomic E-state index is -0.419. The monoisotopic (exact) mass is 397 g/mol. The molecule has 7 heteroatoms. The lowest BCUT2D eigenvalue weighted by Crippen LogP contribution is -2.45. The maximum atomic E-state index is 13.7. The third kappa shape index (κ3) is 2.95. The Bertz CT molecular complexity index is 1060. The zero-order chi connectivity index (χ0) is 19.3. The van der Waals surface area contributed by atoms with Gasteiger partial charge in [-0.05, 0) is 37.6 Å². The summed E-state index contributed by atoms with van der Waals surface area (Å²) in [6, 6.07) is 10.4. The summed E-state index contributed by atoms with van der Waals surface area (Å²) >= 11 is 1.53. The van der Waals surface area contributed by atoms with Crippen LogP contribution in [0.5, 0.6) is 0 Å². The molecule has 4 heterocycles. The van der Waals surface area contributed by atoms with Crippen molar-refractivity contribution in [3.63, 3.8) is 0 Å². The van der Waals surface area contributed by atoms with Crippen molar-refractivity contribution >= 4 is 17.2 Å². The fourth-order valence-corrected chi connectivity index (χ4v) is 4.94. The normalized spacial score (nSPS) is 21.3. The lowest BCUT2D eigenvalue weighted by atomic mass is 10.0. The summed E-state index contributed by atoms with van der Waals surface area (Å²) in [4.78, 5) is 21.1. The summed E-state index contributed by atoms with van der Waals surface area (Å²) in [5, 5.41) is 0. The third-order valence-electron chi connectivity index (χ3n) is 5.57. The number of carbonyl (C=O) groups is 1. The van der Waals surface area contributed by atoms with Crippen molar-refractivity contribution in [1.82, 2.24) is 14.5 Å². The number of hydrogen-bond donors (Lipinski definition) is 0. The molecule has 2 aliphatic heterocycles. The molecule has 0 aliphatic carbocycles. The number of thiophene rings is 1. The van der Waals surface area contributed by atoms with E-state index in [1.54, 1.807) is 12.3 Å². The first-order valence-corrected chi connectivity index (χ1v) is 10.1. The molecule has 1 fully saturated rings. The standard InChI is InChI=1S/C21H20FN3O2S/c1-14-5-6-18(28-14)20(26)24-8-7-21(12-24)13-25-17(10-23-19(25)11-27-21)15-3-2-4-16(22)9-15/h2-6,9-10H,7-8,11-13H2,1H3. The second kappa shape index (κ2) is 6.53. The van der Waals surface area contributed by atoms with Crippen LogP contribution in [0.3, 0.4) is 0 Å². The average molecular weight is 397 g/mol. The maximum absolute atomic E-state index is 13.7. The van der Waals surface area contributed by atoms with E-state index < -0.39 is 5.60 Å². The Morgan fingerprint density at radius 2 is 2.18 bits per heavy atom. The predicted octanol–water partition coefficient (Wildman–Crippen LogP) is 3.87. The summed E-state index contributed by atoms with van der Waals surface area (Å²) < 4.78 is 22.0. The van der Waals surface area contributed by atoms with Crippen molar-refractivity contribution < 1.29 is 13.9 Å². The van der Waals surface area contributed by atoms with Crippen molar-refractivity contribution in [3.05, 3.63) is 64.0 Å². The van der Waals surface area contributed by atoms with Gasteiger partial charge in [-0.1, -0.05) is 12.1 Å². The van der Waals surface area contributed by atoms with Gasteiger partial charge in [0.25, 0.3) is 5.91 Å². The van der Waals surface area contributed by atoms with Crippen LogP contribution in [0.1, 0.15) is 26.8 Å². The van der Waals surface area contributed by atoms with E-state index in [0.717, 1.165) is 33.3 Å².